The summed E-state index contributed by atoms with van der Waals surface area (Å²) in [5.41, 5.74) is 0.396. The first kappa shape index (κ1) is 13.7. The van der Waals surface area contributed by atoms with Gasteiger partial charge in [-0.05, 0) is 35.7 Å². The van der Waals surface area contributed by atoms with Crippen LogP contribution in [0.3, 0.4) is 0 Å². The highest BCUT2D eigenvalue weighted by molar-refractivity contribution is 6.64. The second-order valence-electron chi connectivity index (χ2n) is 4.57. The lowest BCUT2D eigenvalue weighted by Crippen LogP contribution is -2.42. The molecule has 0 radical (unpaired) electrons. The van der Waals surface area contributed by atoms with Gasteiger partial charge in [-0.25, -0.2) is 0 Å². The van der Waals surface area contributed by atoms with E-state index in [0.717, 1.165) is 0 Å². The van der Waals surface area contributed by atoms with Gasteiger partial charge in [-0.3, -0.25) is 9.59 Å². The van der Waals surface area contributed by atoms with E-state index in [0.29, 0.717) is 17.1 Å². The van der Waals surface area contributed by atoms with Gasteiger partial charge in [0.1, 0.15) is 6.04 Å². The number of hydrogen-bond acceptors (Lipinski definition) is 4. The monoisotopic (exact) mass is 283 g/mol. The molecule has 19 heavy (non-hydrogen) atoms. The summed E-state index contributed by atoms with van der Waals surface area (Å²) < 4.78 is 10.4. The van der Waals surface area contributed by atoms with Crippen molar-refractivity contribution in [3.05, 3.63) is 23.8 Å². The molecule has 1 amide bonds. The van der Waals surface area contributed by atoms with Crippen molar-refractivity contribution in [3.63, 3.8) is 0 Å². The molecule has 0 saturated carbocycles. The Morgan fingerprint density at radius 3 is 2.58 bits per heavy atom. The third-order valence-corrected chi connectivity index (χ3v) is 3.07. The fourth-order valence-electron chi connectivity index (χ4n) is 1.75. The number of benzene rings is 1. The number of hydrogen-bond donors (Lipinski definition) is 1. The molecular formula is C13H14ClNO4. The van der Waals surface area contributed by atoms with E-state index in [4.69, 9.17) is 21.1 Å². The molecular weight excluding hydrogens is 270 g/mol. The van der Waals surface area contributed by atoms with Crippen LogP contribution in [-0.2, 0) is 4.79 Å². The zero-order valence-electron chi connectivity index (χ0n) is 10.6. The van der Waals surface area contributed by atoms with Crippen molar-refractivity contribution < 1.29 is 19.1 Å². The number of ether oxygens (including phenoxy) is 2. The van der Waals surface area contributed by atoms with Gasteiger partial charge in [-0.1, -0.05) is 13.8 Å². The van der Waals surface area contributed by atoms with E-state index in [2.05, 4.69) is 5.32 Å². The van der Waals surface area contributed by atoms with Crippen molar-refractivity contribution in [1.82, 2.24) is 5.32 Å². The second kappa shape index (κ2) is 5.48. The summed E-state index contributed by atoms with van der Waals surface area (Å²) in [6.07, 6.45) is 0. The zero-order chi connectivity index (χ0) is 14.0. The Kier molecular flexibility index (Phi) is 3.95. The van der Waals surface area contributed by atoms with Crippen LogP contribution in [0.25, 0.3) is 0 Å². The maximum Gasteiger partial charge on any atom is 0.252 e. The Morgan fingerprint density at radius 1 is 1.26 bits per heavy atom. The molecule has 1 unspecified atom stereocenters. The SMILES string of the molecule is CC(C)C(NC(=O)c1ccc2c(c1)OCO2)C(=O)Cl. The lowest BCUT2D eigenvalue weighted by Gasteiger charge is -2.18. The lowest BCUT2D eigenvalue weighted by atomic mass is 10.1. The average Bonchev–Trinajstić information content (AvgIpc) is 2.81. The minimum Gasteiger partial charge on any atom is -0.454 e. The first-order chi connectivity index (χ1) is 8.99. The number of amides is 1. The van der Waals surface area contributed by atoms with Crippen molar-refractivity contribution >= 4 is 22.8 Å². The molecule has 1 heterocycles. The smallest absolute Gasteiger partial charge is 0.252 e. The molecule has 0 fully saturated rings. The maximum absolute atomic E-state index is 12.0. The fourth-order valence-corrected chi connectivity index (χ4v) is 2.05. The van der Waals surface area contributed by atoms with E-state index in [1.165, 1.54) is 0 Å². The van der Waals surface area contributed by atoms with Crippen molar-refractivity contribution in [1.29, 1.82) is 0 Å². The van der Waals surface area contributed by atoms with Gasteiger partial charge in [-0.2, -0.15) is 0 Å². The third kappa shape index (κ3) is 2.98. The van der Waals surface area contributed by atoms with Gasteiger partial charge in [0, 0.05) is 5.56 Å². The van der Waals surface area contributed by atoms with Crippen molar-refractivity contribution in [3.8, 4) is 11.5 Å². The zero-order valence-corrected chi connectivity index (χ0v) is 11.4. The molecule has 5 nitrogen and oxygen atoms in total. The molecule has 0 spiro atoms. The Morgan fingerprint density at radius 2 is 1.95 bits per heavy atom. The quantitative estimate of drug-likeness (QED) is 0.858. The van der Waals surface area contributed by atoms with E-state index in [-0.39, 0.29) is 18.6 Å². The topological polar surface area (TPSA) is 64.6 Å². The Labute approximate surface area is 115 Å². The predicted octanol–water partition coefficient (Wildman–Crippen LogP) is 1.94. The number of nitrogens with one attached hydrogen (secondary N) is 1. The van der Waals surface area contributed by atoms with Crippen LogP contribution in [0, 0.1) is 5.92 Å². The largest absolute Gasteiger partial charge is 0.454 e. The number of rotatable bonds is 4. The Balaban J connectivity index is 2.13. The summed E-state index contributed by atoms with van der Waals surface area (Å²) in [4.78, 5) is 23.3. The van der Waals surface area contributed by atoms with Crippen molar-refractivity contribution in [2.24, 2.45) is 5.92 Å². The van der Waals surface area contributed by atoms with Gasteiger partial charge >= 0.3 is 0 Å². The molecule has 1 aliphatic rings. The maximum atomic E-state index is 12.0. The summed E-state index contributed by atoms with van der Waals surface area (Å²) >= 11 is 5.47. The molecule has 0 bridgehead atoms. The minimum atomic E-state index is -0.709. The van der Waals surface area contributed by atoms with E-state index < -0.39 is 11.3 Å². The number of carbonyl (C=O) groups excluding carboxylic acids is 2. The minimum absolute atomic E-state index is 0.0806. The second-order valence-corrected chi connectivity index (χ2v) is 4.94. The summed E-state index contributed by atoms with van der Waals surface area (Å²) in [6, 6.07) is 4.14. The number of carbonyl (C=O) groups is 2. The molecule has 1 aliphatic heterocycles. The summed E-state index contributed by atoms with van der Waals surface area (Å²) in [7, 11) is 0. The third-order valence-electron chi connectivity index (χ3n) is 2.83. The first-order valence-corrected chi connectivity index (χ1v) is 6.26. The molecule has 6 heteroatoms. The van der Waals surface area contributed by atoms with Gasteiger partial charge in [0.25, 0.3) is 5.91 Å². The van der Waals surface area contributed by atoms with E-state index in [1.807, 2.05) is 13.8 Å². The Hall–Kier alpha value is -1.75. The molecule has 1 aromatic rings. The summed E-state index contributed by atoms with van der Waals surface area (Å²) in [6.45, 7) is 3.77. The predicted molar refractivity (Wildman–Crippen MR) is 69.5 cm³/mol. The molecule has 1 atom stereocenters. The van der Waals surface area contributed by atoms with E-state index in [1.54, 1.807) is 18.2 Å². The average molecular weight is 284 g/mol. The highest BCUT2D eigenvalue weighted by Gasteiger charge is 2.24. The van der Waals surface area contributed by atoms with Gasteiger partial charge < -0.3 is 14.8 Å². The first-order valence-electron chi connectivity index (χ1n) is 5.89. The lowest BCUT2D eigenvalue weighted by molar-refractivity contribution is -0.114. The number of halogens is 1. The highest BCUT2D eigenvalue weighted by atomic mass is 35.5. The van der Waals surface area contributed by atoms with Crippen LogP contribution in [0.2, 0.25) is 0 Å². The molecule has 102 valence electrons. The normalized spacial score (nSPS) is 14.3. The van der Waals surface area contributed by atoms with Crippen LogP contribution in [0.1, 0.15) is 24.2 Å². The van der Waals surface area contributed by atoms with Crippen LogP contribution in [0.5, 0.6) is 11.5 Å². The number of fused-ring (bicyclic) bond motifs is 1. The van der Waals surface area contributed by atoms with Crippen LogP contribution in [0.15, 0.2) is 18.2 Å². The van der Waals surface area contributed by atoms with Crippen LogP contribution >= 0.6 is 11.6 Å². The molecule has 0 aliphatic carbocycles. The summed E-state index contributed by atoms with van der Waals surface area (Å²) in [5.74, 6) is 0.672. The van der Waals surface area contributed by atoms with Crippen LogP contribution < -0.4 is 14.8 Å². The molecule has 1 aromatic carbocycles. The van der Waals surface area contributed by atoms with Gasteiger partial charge in [-0.15, -0.1) is 0 Å². The molecule has 1 N–H and O–H groups in total. The molecule has 0 aromatic heterocycles. The van der Waals surface area contributed by atoms with E-state index in [9.17, 15) is 9.59 Å². The Bertz CT molecular complexity index is 515. The van der Waals surface area contributed by atoms with Crippen LogP contribution in [0.4, 0.5) is 0 Å². The van der Waals surface area contributed by atoms with Crippen LogP contribution in [-0.4, -0.2) is 24.0 Å². The van der Waals surface area contributed by atoms with E-state index >= 15 is 0 Å². The van der Waals surface area contributed by atoms with Crippen molar-refractivity contribution in [2.75, 3.05) is 6.79 Å². The van der Waals surface area contributed by atoms with Crippen molar-refractivity contribution in [2.45, 2.75) is 19.9 Å². The van der Waals surface area contributed by atoms with Gasteiger partial charge in [0.05, 0.1) is 0 Å². The standard InChI is InChI=1S/C13H14ClNO4/c1-7(2)11(12(14)16)15-13(17)8-3-4-9-10(5-8)19-6-18-9/h3-5,7,11H,6H2,1-2H3,(H,15,17). The van der Waals surface area contributed by atoms with Gasteiger partial charge in [0.15, 0.2) is 11.5 Å². The molecule has 2 rings (SSSR count). The van der Waals surface area contributed by atoms with Gasteiger partial charge in [0.2, 0.25) is 12.0 Å². The highest BCUT2D eigenvalue weighted by Crippen LogP contribution is 2.32. The fraction of sp³-hybridized carbons (Fsp3) is 0.385. The molecule has 0 saturated heterocycles. The summed E-state index contributed by atoms with van der Waals surface area (Å²) in [5, 5.41) is 2.03.